The summed E-state index contributed by atoms with van der Waals surface area (Å²) in [5.41, 5.74) is 6.70. The largest absolute Gasteiger partial charge is 0.497 e. The van der Waals surface area contributed by atoms with Gasteiger partial charge in [-0.1, -0.05) is 12.1 Å². The third-order valence-corrected chi connectivity index (χ3v) is 3.57. The summed E-state index contributed by atoms with van der Waals surface area (Å²) in [5.74, 6) is 1.25. The average Bonchev–Trinajstić information content (AvgIpc) is 2.72. The second kappa shape index (κ2) is 4.44. The van der Waals surface area contributed by atoms with Gasteiger partial charge in [-0.15, -0.1) is 0 Å². The third kappa shape index (κ3) is 1.81. The highest BCUT2D eigenvalue weighted by Crippen LogP contribution is 2.41. The van der Waals surface area contributed by atoms with E-state index in [4.69, 9.17) is 15.2 Å². The van der Waals surface area contributed by atoms with Crippen molar-refractivity contribution in [1.29, 1.82) is 0 Å². The van der Waals surface area contributed by atoms with Crippen LogP contribution in [0.4, 0.5) is 0 Å². The summed E-state index contributed by atoms with van der Waals surface area (Å²) >= 11 is 0. The Kier molecular flexibility index (Phi) is 3.17. The SMILES string of the molecule is COc1cccc(C2(C)OCCC2CN)c1. The van der Waals surface area contributed by atoms with Gasteiger partial charge < -0.3 is 15.2 Å². The molecule has 3 nitrogen and oxygen atoms in total. The van der Waals surface area contributed by atoms with E-state index in [9.17, 15) is 0 Å². The topological polar surface area (TPSA) is 44.5 Å². The van der Waals surface area contributed by atoms with Crippen molar-refractivity contribution >= 4 is 0 Å². The predicted molar refractivity (Wildman–Crippen MR) is 63.5 cm³/mol. The summed E-state index contributed by atoms with van der Waals surface area (Å²) in [5, 5.41) is 0. The molecule has 0 bridgehead atoms. The molecular weight excluding hydrogens is 202 g/mol. The Balaban J connectivity index is 2.34. The van der Waals surface area contributed by atoms with Crippen molar-refractivity contribution in [1.82, 2.24) is 0 Å². The predicted octanol–water partition coefficient (Wildman–Crippen LogP) is 1.91. The lowest BCUT2D eigenvalue weighted by Crippen LogP contribution is -2.33. The van der Waals surface area contributed by atoms with Gasteiger partial charge in [-0.05, 0) is 37.6 Å². The number of hydrogen-bond acceptors (Lipinski definition) is 3. The van der Waals surface area contributed by atoms with E-state index in [1.165, 1.54) is 0 Å². The van der Waals surface area contributed by atoms with Crippen LogP contribution in [-0.2, 0) is 10.3 Å². The van der Waals surface area contributed by atoms with Crippen LogP contribution in [0.15, 0.2) is 24.3 Å². The van der Waals surface area contributed by atoms with Crippen molar-refractivity contribution in [3.8, 4) is 5.75 Å². The lowest BCUT2D eigenvalue weighted by Gasteiger charge is -2.30. The van der Waals surface area contributed by atoms with Gasteiger partial charge in [0, 0.05) is 12.5 Å². The molecule has 0 aromatic heterocycles. The number of rotatable bonds is 3. The minimum atomic E-state index is -0.261. The van der Waals surface area contributed by atoms with E-state index in [0.717, 1.165) is 24.3 Å². The normalized spacial score (nSPS) is 29.3. The smallest absolute Gasteiger partial charge is 0.119 e. The molecule has 3 heteroatoms. The van der Waals surface area contributed by atoms with Crippen LogP contribution < -0.4 is 10.5 Å². The summed E-state index contributed by atoms with van der Waals surface area (Å²) in [6.45, 7) is 3.57. The van der Waals surface area contributed by atoms with Crippen LogP contribution >= 0.6 is 0 Å². The monoisotopic (exact) mass is 221 g/mol. The zero-order valence-electron chi connectivity index (χ0n) is 9.90. The second-order valence-corrected chi connectivity index (χ2v) is 4.41. The summed E-state index contributed by atoms with van der Waals surface area (Å²) in [7, 11) is 1.68. The van der Waals surface area contributed by atoms with E-state index in [2.05, 4.69) is 13.0 Å². The van der Waals surface area contributed by atoms with Crippen molar-refractivity contribution < 1.29 is 9.47 Å². The van der Waals surface area contributed by atoms with Crippen LogP contribution in [0.1, 0.15) is 18.9 Å². The molecule has 1 aromatic rings. The first-order chi connectivity index (χ1) is 7.70. The molecule has 2 rings (SSSR count). The molecule has 1 aromatic carbocycles. The molecule has 1 saturated heterocycles. The summed E-state index contributed by atoms with van der Waals surface area (Å²) in [4.78, 5) is 0. The number of benzene rings is 1. The van der Waals surface area contributed by atoms with E-state index < -0.39 is 0 Å². The van der Waals surface area contributed by atoms with Gasteiger partial charge in [0.1, 0.15) is 5.75 Å². The van der Waals surface area contributed by atoms with Gasteiger partial charge >= 0.3 is 0 Å². The van der Waals surface area contributed by atoms with E-state index in [-0.39, 0.29) is 5.60 Å². The van der Waals surface area contributed by atoms with Gasteiger partial charge in [0.25, 0.3) is 0 Å². The molecule has 1 aliphatic rings. The van der Waals surface area contributed by atoms with Gasteiger partial charge in [-0.2, -0.15) is 0 Å². The Morgan fingerprint density at radius 1 is 1.56 bits per heavy atom. The van der Waals surface area contributed by atoms with Crippen LogP contribution in [0.25, 0.3) is 0 Å². The first-order valence-corrected chi connectivity index (χ1v) is 5.69. The molecule has 88 valence electrons. The minimum Gasteiger partial charge on any atom is -0.497 e. The Labute approximate surface area is 96.5 Å². The molecule has 1 heterocycles. The van der Waals surface area contributed by atoms with Crippen LogP contribution in [0.3, 0.4) is 0 Å². The zero-order valence-corrected chi connectivity index (χ0v) is 9.90. The summed E-state index contributed by atoms with van der Waals surface area (Å²) in [6.07, 6.45) is 1.03. The molecule has 2 unspecified atom stereocenters. The van der Waals surface area contributed by atoms with Crippen molar-refractivity contribution in [3.05, 3.63) is 29.8 Å². The highest BCUT2D eigenvalue weighted by atomic mass is 16.5. The first kappa shape index (κ1) is 11.4. The van der Waals surface area contributed by atoms with Crippen molar-refractivity contribution in [2.24, 2.45) is 11.7 Å². The minimum absolute atomic E-state index is 0.261. The molecule has 2 atom stereocenters. The van der Waals surface area contributed by atoms with E-state index in [1.807, 2.05) is 18.2 Å². The molecule has 2 N–H and O–H groups in total. The lowest BCUT2D eigenvalue weighted by atomic mass is 9.83. The molecule has 0 saturated carbocycles. The molecule has 0 radical (unpaired) electrons. The number of ether oxygens (including phenoxy) is 2. The van der Waals surface area contributed by atoms with Crippen molar-refractivity contribution in [2.45, 2.75) is 18.9 Å². The van der Waals surface area contributed by atoms with Gasteiger partial charge in [-0.3, -0.25) is 0 Å². The molecule has 0 aliphatic carbocycles. The van der Waals surface area contributed by atoms with Crippen LogP contribution in [-0.4, -0.2) is 20.3 Å². The summed E-state index contributed by atoms with van der Waals surface area (Å²) in [6, 6.07) is 8.05. The average molecular weight is 221 g/mol. The standard InChI is InChI=1S/C13H19NO2/c1-13(11(9-14)6-7-16-13)10-4-3-5-12(8-10)15-2/h3-5,8,11H,6-7,9,14H2,1-2H3. The van der Waals surface area contributed by atoms with Gasteiger partial charge in [0.2, 0.25) is 0 Å². The van der Waals surface area contributed by atoms with Crippen molar-refractivity contribution in [3.63, 3.8) is 0 Å². The zero-order chi connectivity index (χ0) is 11.6. The fourth-order valence-corrected chi connectivity index (χ4v) is 2.40. The molecule has 0 amide bonds. The van der Waals surface area contributed by atoms with Gasteiger partial charge in [-0.25, -0.2) is 0 Å². The fraction of sp³-hybridized carbons (Fsp3) is 0.538. The Morgan fingerprint density at radius 3 is 3.06 bits per heavy atom. The lowest BCUT2D eigenvalue weighted by molar-refractivity contribution is -0.00805. The molecule has 16 heavy (non-hydrogen) atoms. The highest BCUT2D eigenvalue weighted by molar-refractivity contribution is 5.33. The fourth-order valence-electron chi connectivity index (χ4n) is 2.40. The molecule has 1 fully saturated rings. The Hall–Kier alpha value is -1.06. The van der Waals surface area contributed by atoms with Crippen LogP contribution in [0.5, 0.6) is 5.75 Å². The molecular formula is C13H19NO2. The van der Waals surface area contributed by atoms with Gasteiger partial charge in [0.15, 0.2) is 0 Å². The third-order valence-electron chi connectivity index (χ3n) is 3.57. The maximum Gasteiger partial charge on any atom is 0.119 e. The van der Waals surface area contributed by atoms with E-state index in [0.29, 0.717) is 12.5 Å². The Bertz CT molecular complexity index is 367. The number of methoxy groups -OCH3 is 1. The van der Waals surface area contributed by atoms with Crippen molar-refractivity contribution in [2.75, 3.05) is 20.3 Å². The van der Waals surface area contributed by atoms with E-state index >= 15 is 0 Å². The first-order valence-electron chi connectivity index (χ1n) is 5.69. The van der Waals surface area contributed by atoms with Crippen LogP contribution in [0.2, 0.25) is 0 Å². The second-order valence-electron chi connectivity index (χ2n) is 4.41. The van der Waals surface area contributed by atoms with Crippen LogP contribution in [0, 0.1) is 5.92 Å². The molecule has 0 spiro atoms. The quantitative estimate of drug-likeness (QED) is 0.848. The summed E-state index contributed by atoms with van der Waals surface area (Å²) < 4.78 is 11.1. The number of hydrogen-bond donors (Lipinski definition) is 1. The van der Waals surface area contributed by atoms with E-state index in [1.54, 1.807) is 7.11 Å². The number of nitrogens with two attached hydrogens (primary N) is 1. The Morgan fingerprint density at radius 2 is 2.38 bits per heavy atom. The molecule has 1 aliphatic heterocycles. The maximum atomic E-state index is 5.89. The van der Waals surface area contributed by atoms with Gasteiger partial charge in [0.05, 0.1) is 12.7 Å². The highest BCUT2D eigenvalue weighted by Gasteiger charge is 2.40. The maximum absolute atomic E-state index is 5.89.